The first-order valence-corrected chi connectivity index (χ1v) is 9.75. The second-order valence-electron chi connectivity index (χ2n) is 7.31. The molecule has 4 rings (SSSR count). The third-order valence-electron chi connectivity index (χ3n) is 4.99. The van der Waals surface area contributed by atoms with E-state index in [1.165, 1.54) is 6.33 Å². The molecule has 0 aliphatic carbocycles. The summed E-state index contributed by atoms with van der Waals surface area (Å²) in [6, 6.07) is 8.40. The van der Waals surface area contributed by atoms with Crippen LogP contribution >= 0.6 is 0 Å². The molecular weight excluding hydrogens is 413 g/mol. The Morgan fingerprint density at radius 1 is 1.13 bits per heavy atom. The van der Waals surface area contributed by atoms with E-state index in [4.69, 9.17) is 0 Å². The molecule has 31 heavy (non-hydrogen) atoms. The van der Waals surface area contributed by atoms with Crippen molar-refractivity contribution in [2.24, 2.45) is 0 Å². The quantitative estimate of drug-likeness (QED) is 0.614. The summed E-state index contributed by atoms with van der Waals surface area (Å²) in [7, 11) is 0. The number of fused-ring (bicyclic) bond motifs is 1. The van der Waals surface area contributed by atoms with E-state index >= 15 is 0 Å². The molecule has 1 aliphatic rings. The molecule has 0 N–H and O–H groups in total. The lowest BCUT2D eigenvalue weighted by Crippen LogP contribution is -2.49. The third kappa shape index (κ3) is 4.93. The van der Waals surface area contributed by atoms with Crippen LogP contribution in [-0.4, -0.2) is 69.4 Å². The van der Waals surface area contributed by atoms with Crippen molar-refractivity contribution >= 4 is 17.5 Å². The molecule has 11 heteroatoms. The topological polar surface area (TPSA) is 75.9 Å². The summed E-state index contributed by atoms with van der Waals surface area (Å²) in [6.45, 7) is 2.78. The highest BCUT2D eigenvalue weighted by Gasteiger charge is 2.27. The Kier molecular flexibility index (Phi) is 5.77. The number of piperazine rings is 1. The van der Waals surface area contributed by atoms with Crippen LogP contribution in [0.3, 0.4) is 0 Å². The zero-order valence-corrected chi connectivity index (χ0v) is 16.8. The number of carbonyl (C=O) groups excluding carboxylic acids is 1. The van der Waals surface area contributed by atoms with Crippen molar-refractivity contribution in [1.29, 1.82) is 0 Å². The van der Waals surface area contributed by atoms with Gasteiger partial charge in [-0.2, -0.15) is 27.8 Å². The first-order valence-electron chi connectivity index (χ1n) is 9.75. The van der Waals surface area contributed by atoms with Crippen LogP contribution in [0.15, 0.2) is 36.7 Å². The van der Waals surface area contributed by atoms with E-state index < -0.39 is 12.8 Å². The van der Waals surface area contributed by atoms with Crippen LogP contribution < -0.4 is 4.90 Å². The van der Waals surface area contributed by atoms with E-state index in [-0.39, 0.29) is 12.5 Å². The smallest absolute Gasteiger partial charge is 0.367 e. The summed E-state index contributed by atoms with van der Waals surface area (Å²) in [5.74, 6) is 1.31. The van der Waals surface area contributed by atoms with Gasteiger partial charge in [-0.05, 0) is 24.6 Å². The Bertz CT molecular complexity index is 1060. The third-order valence-corrected chi connectivity index (χ3v) is 4.99. The van der Waals surface area contributed by atoms with E-state index in [2.05, 4.69) is 24.7 Å². The summed E-state index contributed by atoms with van der Waals surface area (Å²) >= 11 is 0. The highest BCUT2D eigenvalue weighted by atomic mass is 19.4. The van der Waals surface area contributed by atoms with Gasteiger partial charge in [-0.25, -0.2) is 4.98 Å². The van der Waals surface area contributed by atoms with Crippen molar-refractivity contribution in [2.75, 3.05) is 37.7 Å². The predicted octanol–water partition coefficient (Wildman–Crippen LogP) is 2.47. The van der Waals surface area contributed by atoms with Crippen LogP contribution in [-0.2, 0) is 11.3 Å². The molecule has 1 aromatic carbocycles. The van der Waals surface area contributed by atoms with Crippen LogP contribution in [0.1, 0.15) is 21.6 Å². The number of nitrogens with zero attached hydrogens (tertiary/aromatic N) is 6. The summed E-state index contributed by atoms with van der Waals surface area (Å²) < 4.78 is 42.8. The molecule has 164 valence electrons. The molecule has 3 heterocycles. The van der Waals surface area contributed by atoms with Gasteiger partial charge in [-0.3, -0.25) is 4.79 Å². The molecule has 2 aromatic heterocycles. The van der Waals surface area contributed by atoms with Crippen LogP contribution in [0.4, 0.5) is 19.0 Å². The minimum atomic E-state index is -4.35. The average Bonchev–Trinajstić information content (AvgIpc) is 3.21. The van der Waals surface area contributed by atoms with E-state index in [1.54, 1.807) is 33.7 Å². The Morgan fingerprint density at radius 3 is 2.52 bits per heavy atom. The number of halogens is 3. The zero-order chi connectivity index (χ0) is 22.0. The second kappa shape index (κ2) is 8.50. The molecule has 0 radical (unpaired) electrons. The molecule has 1 fully saturated rings. The molecule has 1 saturated heterocycles. The van der Waals surface area contributed by atoms with Gasteiger partial charge in [0.05, 0.1) is 6.61 Å². The monoisotopic (exact) mass is 434 g/mol. The highest BCUT2D eigenvalue weighted by molar-refractivity contribution is 5.94. The summed E-state index contributed by atoms with van der Waals surface area (Å²) in [5.41, 5.74) is 1.91. The number of ether oxygens (including phenoxy) is 1. The van der Waals surface area contributed by atoms with Gasteiger partial charge >= 0.3 is 6.18 Å². The van der Waals surface area contributed by atoms with Gasteiger partial charge in [-0.15, -0.1) is 0 Å². The molecular formula is C20H21F3N6O2. The van der Waals surface area contributed by atoms with Crippen LogP contribution in [0, 0.1) is 6.92 Å². The van der Waals surface area contributed by atoms with Gasteiger partial charge in [-0.1, -0.05) is 12.1 Å². The Morgan fingerprint density at radius 2 is 1.84 bits per heavy atom. The van der Waals surface area contributed by atoms with Crippen LogP contribution in [0.25, 0.3) is 5.78 Å². The Balaban J connectivity index is 1.35. The minimum Gasteiger partial charge on any atom is -0.367 e. The van der Waals surface area contributed by atoms with Crippen molar-refractivity contribution in [3.8, 4) is 0 Å². The standard InChI is InChI=1S/C20H21F3N6O2/c1-14-10-17(29-19(26-14)24-13-25-29)27-6-8-28(9-7-27)18(30)16-4-2-15(3-5-16)11-31-12-20(21,22)23/h2-5,10,13H,6-9,11-12H2,1H3. The van der Waals surface area contributed by atoms with E-state index in [0.717, 1.165) is 11.5 Å². The Labute approximate surface area is 176 Å². The van der Waals surface area contributed by atoms with Crippen molar-refractivity contribution in [3.63, 3.8) is 0 Å². The number of carbonyl (C=O) groups is 1. The molecule has 0 bridgehead atoms. The molecule has 8 nitrogen and oxygen atoms in total. The van der Waals surface area contributed by atoms with Gasteiger partial charge in [0.15, 0.2) is 0 Å². The number of alkyl halides is 3. The lowest BCUT2D eigenvalue weighted by molar-refractivity contribution is -0.176. The first-order chi connectivity index (χ1) is 14.8. The van der Waals surface area contributed by atoms with Crippen LogP contribution in [0.2, 0.25) is 0 Å². The van der Waals surface area contributed by atoms with Gasteiger partial charge < -0.3 is 14.5 Å². The van der Waals surface area contributed by atoms with Gasteiger partial charge in [0.1, 0.15) is 18.8 Å². The summed E-state index contributed by atoms with van der Waals surface area (Å²) in [5, 5.41) is 4.23. The van der Waals surface area contributed by atoms with E-state index in [9.17, 15) is 18.0 Å². The van der Waals surface area contributed by atoms with E-state index in [0.29, 0.717) is 43.1 Å². The van der Waals surface area contributed by atoms with Crippen molar-refractivity contribution in [2.45, 2.75) is 19.7 Å². The second-order valence-corrected chi connectivity index (χ2v) is 7.31. The molecule has 0 atom stereocenters. The molecule has 0 saturated carbocycles. The lowest BCUT2D eigenvalue weighted by atomic mass is 10.1. The molecule has 1 aliphatic heterocycles. The fraction of sp³-hybridized carbons (Fsp3) is 0.400. The lowest BCUT2D eigenvalue weighted by Gasteiger charge is -2.36. The molecule has 3 aromatic rings. The highest BCUT2D eigenvalue weighted by Crippen LogP contribution is 2.19. The Hall–Kier alpha value is -3.21. The largest absolute Gasteiger partial charge is 0.411 e. The maximum Gasteiger partial charge on any atom is 0.411 e. The fourth-order valence-corrected chi connectivity index (χ4v) is 3.49. The molecule has 0 spiro atoms. The number of hydrogen-bond acceptors (Lipinski definition) is 6. The average molecular weight is 434 g/mol. The zero-order valence-electron chi connectivity index (χ0n) is 16.8. The minimum absolute atomic E-state index is 0.112. The number of aryl methyl sites for hydroxylation is 1. The number of amides is 1. The van der Waals surface area contributed by atoms with Gasteiger partial charge in [0.2, 0.25) is 0 Å². The summed E-state index contributed by atoms with van der Waals surface area (Å²) in [4.78, 5) is 25.2. The number of aromatic nitrogens is 4. The van der Waals surface area contributed by atoms with Gasteiger partial charge in [0, 0.05) is 43.5 Å². The van der Waals surface area contributed by atoms with Crippen molar-refractivity contribution < 1.29 is 22.7 Å². The fourth-order valence-electron chi connectivity index (χ4n) is 3.49. The van der Waals surface area contributed by atoms with Crippen LogP contribution in [0.5, 0.6) is 0 Å². The van der Waals surface area contributed by atoms with Gasteiger partial charge in [0.25, 0.3) is 11.7 Å². The number of benzene rings is 1. The van der Waals surface area contributed by atoms with Crippen molar-refractivity contribution in [3.05, 3.63) is 53.5 Å². The van der Waals surface area contributed by atoms with Crippen molar-refractivity contribution in [1.82, 2.24) is 24.5 Å². The molecule has 1 amide bonds. The SMILES string of the molecule is Cc1cc(N2CCN(C(=O)c3ccc(COCC(F)(F)F)cc3)CC2)n2ncnc2n1. The molecule has 0 unspecified atom stereocenters. The number of hydrogen-bond donors (Lipinski definition) is 0. The maximum absolute atomic E-state index is 12.8. The summed E-state index contributed by atoms with van der Waals surface area (Å²) in [6.07, 6.45) is -2.89. The van der Waals surface area contributed by atoms with E-state index in [1.807, 2.05) is 13.0 Å². The predicted molar refractivity (Wildman–Crippen MR) is 106 cm³/mol. The number of anilines is 1. The first kappa shape index (κ1) is 21.0. The number of rotatable bonds is 5. The maximum atomic E-state index is 12.8. The normalized spacial score (nSPS) is 15.0.